The van der Waals surface area contributed by atoms with Crippen molar-refractivity contribution in [1.29, 1.82) is 0 Å². The van der Waals surface area contributed by atoms with Crippen LogP contribution in [0.25, 0.3) is 21.6 Å². The van der Waals surface area contributed by atoms with Crippen molar-refractivity contribution in [1.82, 2.24) is 29.7 Å². The first-order valence-corrected chi connectivity index (χ1v) is 9.80. The molecule has 4 aromatic heterocycles. The van der Waals surface area contributed by atoms with Crippen LogP contribution in [-0.2, 0) is 0 Å². The Morgan fingerprint density at radius 3 is 2.81 bits per heavy atom. The lowest BCUT2D eigenvalue weighted by Gasteiger charge is -2.26. The van der Waals surface area contributed by atoms with E-state index < -0.39 is 0 Å². The van der Waals surface area contributed by atoms with E-state index in [1.165, 1.54) is 10.4 Å². The van der Waals surface area contributed by atoms with Gasteiger partial charge in [-0.1, -0.05) is 30.4 Å². The molecule has 1 aliphatic heterocycles. The molecule has 134 valence electrons. The highest BCUT2D eigenvalue weighted by Crippen LogP contribution is 2.36. The maximum Gasteiger partial charge on any atom is 0.187 e. The van der Waals surface area contributed by atoms with Gasteiger partial charge < -0.3 is 14.8 Å². The Morgan fingerprint density at radius 2 is 2.00 bits per heavy atom. The first-order valence-electron chi connectivity index (χ1n) is 8.98. The molecule has 8 heteroatoms. The first-order chi connectivity index (χ1) is 12.7. The summed E-state index contributed by atoms with van der Waals surface area (Å²) in [5.41, 5.74) is 4.48. The molecule has 7 nitrogen and oxygen atoms in total. The van der Waals surface area contributed by atoms with Crippen LogP contribution >= 0.6 is 11.3 Å². The highest BCUT2D eigenvalue weighted by Gasteiger charge is 2.21. The summed E-state index contributed by atoms with van der Waals surface area (Å²) in [4.78, 5) is 8.60. The monoisotopic (exact) mass is 367 g/mol. The fourth-order valence-electron chi connectivity index (χ4n) is 3.47. The molecule has 1 saturated heterocycles. The fourth-order valence-corrected chi connectivity index (χ4v) is 4.61. The Labute approximate surface area is 155 Å². The van der Waals surface area contributed by atoms with Gasteiger partial charge in [-0.2, -0.15) is 0 Å². The molecule has 0 atom stereocenters. The number of anilines is 1. The number of nitrogens with zero attached hydrogens (tertiary/aromatic N) is 6. The second-order valence-corrected chi connectivity index (χ2v) is 7.94. The van der Waals surface area contributed by atoms with Crippen LogP contribution in [0.3, 0.4) is 0 Å². The van der Waals surface area contributed by atoms with Crippen LogP contribution < -0.4 is 10.2 Å². The molecule has 0 spiro atoms. The molecule has 0 aliphatic carbocycles. The van der Waals surface area contributed by atoms with Crippen molar-refractivity contribution in [2.75, 3.05) is 31.1 Å². The quantitative estimate of drug-likeness (QED) is 0.603. The number of fused-ring (bicyclic) bond motifs is 2. The molecule has 5 rings (SSSR count). The third-order valence-corrected chi connectivity index (χ3v) is 6.04. The topological polar surface area (TPSA) is 63.3 Å². The molecule has 1 N–H and O–H groups in total. The predicted molar refractivity (Wildman–Crippen MR) is 105 cm³/mol. The molecule has 0 unspecified atom stereocenters. The van der Waals surface area contributed by atoms with Gasteiger partial charge in [0.1, 0.15) is 10.3 Å². The number of piperazine rings is 1. The summed E-state index contributed by atoms with van der Waals surface area (Å²) >= 11 is 1.78. The first kappa shape index (κ1) is 15.8. The van der Waals surface area contributed by atoms with Gasteiger partial charge in [-0.3, -0.25) is 0 Å². The molecule has 4 aromatic rings. The van der Waals surface area contributed by atoms with E-state index in [0.29, 0.717) is 5.92 Å². The summed E-state index contributed by atoms with van der Waals surface area (Å²) in [6.07, 6.45) is 6.01. The van der Waals surface area contributed by atoms with Crippen LogP contribution in [-0.4, -0.2) is 50.6 Å². The van der Waals surface area contributed by atoms with Crippen LogP contribution in [0, 0.1) is 0 Å². The molecule has 1 fully saturated rings. The number of hydrogen-bond donors (Lipinski definition) is 1. The van der Waals surface area contributed by atoms with Crippen LogP contribution in [0.15, 0.2) is 30.7 Å². The average molecular weight is 367 g/mol. The summed E-state index contributed by atoms with van der Waals surface area (Å²) in [7, 11) is 0. The van der Waals surface area contributed by atoms with Gasteiger partial charge in [0.25, 0.3) is 0 Å². The number of nitrogens with one attached hydrogen (secondary N) is 1. The Kier molecular flexibility index (Phi) is 3.68. The minimum atomic E-state index is 0.423. The molecular weight excluding hydrogens is 346 g/mol. The molecule has 0 aromatic carbocycles. The third kappa shape index (κ3) is 2.48. The maximum absolute atomic E-state index is 5.02. The van der Waals surface area contributed by atoms with E-state index in [-0.39, 0.29) is 0 Å². The molecule has 26 heavy (non-hydrogen) atoms. The van der Waals surface area contributed by atoms with Gasteiger partial charge in [0, 0.05) is 37.9 Å². The Bertz CT molecular complexity index is 1070. The van der Waals surface area contributed by atoms with Gasteiger partial charge in [-0.25, -0.2) is 9.50 Å². The Hall–Kier alpha value is -2.45. The summed E-state index contributed by atoms with van der Waals surface area (Å²) < 4.78 is 4.06. The Balaban J connectivity index is 1.67. The van der Waals surface area contributed by atoms with Crippen molar-refractivity contribution >= 4 is 32.3 Å². The van der Waals surface area contributed by atoms with E-state index in [9.17, 15) is 0 Å². The molecule has 0 bridgehead atoms. The standard InChI is InChI=1S/C18H21N7S/c1-12(2)15-11-24(14-4-3-13-9-20-22-25(13)10-14)17-16(15)21-18(26-17)23-7-5-19-6-8-23/h3-4,9-12,19H,5-8H2,1-2H3. The lowest BCUT2D eigenvalue weighted by molar-refractivity contribution is 0.588. The molecule has 1 aliphatic rings. The van der Waals surface area contributed by atoms with E-state index in [1.807, 2.05) is 10.7 Å². The van der Waals surface area contributed by atoms with Crippen molar-refractivity contribution < 1.29 is 0 Å². The zero-order chi connectivity index (χ0) is 17.7. The summed E-state index contributed by atoms with van der Waals surface area (Å²) in [5.74, 6) is 0.423. The highest BCUT2D eigenvalue weighted by molar-refractivity contribution is 7.22. The zero-order valence-electron chi connectivity index (χ0n) is 14.9. The minimum Gasteiger partial charge on any atom is -0.345 e. The van der Waals surface area contributed by atoms with E-state index in [2.05, 4.69) is 57.3 Å². The van der Waals surface area contributed by atoms with Crippen LogP contribution in [0.4, 0.5) is 5.13 Å². The normalized spacial score (nSPS) is 15.6. The van der Waals surface area contributed by atoms with E-state index >= 15 is 0 Å². The maximum atomic E-state index is 5.02. The Morgan fingerprint density at radius 1 is 1.15 bits per heavy atom. The van der Waals surface area contributed by atoms with E-state index in [1.54, 1.807) is 17.5 Å². The second kappa shape index (κ2) is 6.07. The van der Waals surface area contributed by atoms with Crippen LogP contribution in [0.5, 0.6) is 0 Å². The van der Waals surface area contributed by atoms with Crippen molar-refractivity contribution in [2.45, 2.75) is 19.8 Å². The second-order valence-electron chi connectivity index (χ2n) is 6.99. The molecule has 0 radical (unpaired) electrons. The average Bonchev–Trinajstić information content (AvgIpc) is 3.36. The van der Waals surface area contributed by atoms with Gasteiger partial charge in [-0.05, 0) is 18.1 Å². The van der Waals surface area contributed by atoms with Crippen molar-refractivity contribution in [3.63, 3.8) is 0 Å². The number of thiazole rings is 1. The van der Waals surface area contributed by atoms with E-state index in [0.717, 1.165) is 48.0 Å². The summed E-state index contributed by atoms with van der Waals surface area (Å²) in [5, 5.41) is 12.6. The number of aromatic nitrogens is 5. The van der Waals surface area contributed by atoms with Gasteiger partial charge in [-0.15, -0.1) is 5.10 Å². The van der Waals surface area contributed by atoms with Crippen molar-refractivity contribution in [3.05, 3.63) is 36.3 Å². The van der Waals surface area contributed by atoms with Gasteiger partial charge in [0.15, 0.2) is 5.13 Å². The van der Waals surface area contributed by atoms with Gasteiger partial charge >= 0.3 is 0 Å². The molecular formula is C18H21N7S. The summed E-state index contributed by atoms with van der Waals surface area (Å²) in [6.45, 7) is 8.51. The fraction of sp³-hybridized carbons (Fsp3) is 0.389. The molecule has 0 saturated carbocycles. The number of rotatable bonds is 3. The third-order valence-electron chi connectivity index (χ3n) is 4.93. The van der Waals surface area contributed by atoms with Gasteiger partial charge in [0.05, 0.1) is 23.6 Å². The molecule has 0 amide bonds. The van der Waals surface area contributed by atoms with E-state index in [4.69, 9.17) is 4.98 Å². The van der Waals surface area contributed by atoms with Gasteiger partial charge in [0.2, 0.25) is 0 Å². The number of hydrogen-bond acceptors (Lipinski definition) is 6. The highest BCUT2D eigenvalue weighted by atomic mass is 32.1. The van der Waals surface area contributed by atoms with Crippen molar-refractivity contribution in [2.24, 2.45) is 0 Å². The van der Waals surface area contributed by atoms with Crippen LogP contribution in [0.2, 0.25) is 0 Å². The van der Waals surface area contributed by atoms with Crippen LogP contribution in [0.1, 0.15) is 25.3 Å². The molecule has 5 heterocycles. The zero-order valence-corrected chi connectivity index (χ0v) is 15.7. The minimum absolute atomic E-state index is 0.423. The summed E-state index contributed by atoms with van der Waals surface area (Å²) in [6, 6.07) is 4.17. The lowest BCUT2D eigenvalue weighted by Crippen LogP contribution is -2.43. The largest absolute Gasteiger partial charge is 0.345 e. The SMILES string of the molecule is CC(C)c1cn(-c2ccc3cnnn3c2)c2sc(N3CCNCC3)nc12. The predicted octanol–water partition coefficient (Wildman–Crippen LogP) is 2.66. The smallest absolute Gasteiger partial charge is 0.187 e. The lowest BCUT2D eigenvalue weighted by atomic mass is 10.1. The number of pyridine rings is 1. The van der Waals surface area contributed by atoms with Crippen molar-refractivity contribution in [3.8, 4) is 5.69 Å².